The highest BCUT2D eigenvalue weighted by Crippen LogP contribution is 2.19. The largest absolute Gasteiger partial charge is 0.460 e. The lowest BCUT2D eigenvalue weighted by atomic mass is 10.2. The first-order valence-electron chi connectivity index (χ1n) is 7.06. The van der Waals surface area contributed by atoms with Gasteiger partial charge in [-0.3, -0.25) is 5.01 Å². The summed E-state index contributed by atoms with van der Waals surface area (Å²) >= 11 is 5.92. The maximum atomic E-state index is 5.92. The van der Waals surface area contributed by atoms with Crippen LogP contribution in [-0.4, -0.2) is 37.4 Å². The van der Waals surface area contributed by atoms with E-state index in [-0.39, 0.29) is 0 Å². The second kappa shape index (κ2) is 6.22. The summed E-state index contributed by atoms with van der Waals surface area (Å²) in [4.78, 5) is 2.35. The van der Waals surface area contributed by atoms with Crippen LogP contribution < -0.4 is 4.90 Å². The Morgan fingerprint density at radius 1 is 1.05 bits per heavy atom. The third kappa shape index (κ3) is 3.58. The molecule has 1 aliphatic heterocycles. The summed E-state index contributed by atoms with van der Waals surface area (Å²) in [5.41, 5.74) is 1.21. The fourth-order valence-electron chi connectivity index (χ4n) is 2.38. The van der Waals surface area contributed by atoms with E-state index in [2.05, 4.69) is 27.1 Å². The van der Waals surface area contributed by atoms with Crippen LogP contribution in [0.2, 0.25) is 5.02 Å². The molecule has 0 unspecified atom stereocenters. The first-order valence-corrected chi connectivity index (χ1v) is 7.44. The van der Waals surface area contributed by atoms with Gasteiger partial charge in [0.1, 0.15) is 11.5 Å². The van der Waals surface area contributed by atoms with Gasteiger partial charge in [0.25, 0.3) is 0 Å². The molecule has 3 rings (SSSR count). The van der Waals surface area contributed by atoms with Gasteiger partial charge in [-0.2, -0.15) is 5.10 Å². The Labute approximate surface area is 129 Å². The fourth-order valence-corrected chi connectivity index (χ4v) is 2.51. The molecule has 0 atom stereocenters. The summed E-state index contributed by atoms with van der Waals surface area (Å²) in [6.07, 6.45) is 1.78. The maximum absolute atomic E-state index is 5.92. The Morgan fingerprint density at radius 3 is 2.38 bits per heavy atom. The normalized spacial score (nSPS) is 15.9. The fraction of sp³-hybridized carbons (Fsp3) is 0.312. The average Bonchev–Trinajstić information content (AvgIpc) is 2.92. The van der Waals surface area contributed by atoms with E-state index < -0.39 is 0 Å². The van der Waals surface area contributed by atoms with Crippen molar-refractivity contribution in [2.24, 2.45) is 5.10 Å². The van der Waals surface area contributed by atoms with E-state index in [9.17, 15) is 0 Å². The molecule has 0 saturated carbocycles. The Hall–Kier alpha value is -1.94. The van der Waals surface area contributed by atoms with Crippen molar-refractivity contribution in [1.29, 1.82) is 0 Å². The van der Waals surface area contributed by atoms with E-state index in [0.29, 0.717) is 0 Å². The van der Waals surface area contributed by atoms with E-state index in [1.165, 1.54) is 5.69 Å². The van der Waals surface area contributed by atoms with Gasteiger partial charge in [0.2, 0.25) is 0 Å². The second-order valence-corrected chi connectivity index (χ2v) is 5.55. The van der Waals surface area contributed by atoms with Crippen molar-refractivity contribution in [2.75, 3.05) is 31.1 Å². The molecule has 0 radical (unpaired) electrons. The number of rotatable bonds is 3. The predicted molar refractivity (Wildman–Crippen MR) is 86.3 cm³/mol. The minimum absolute atomic E-state index is 0.774. The molecule has 4 nitrogen and oxygen atoms in total. The van der Waals surface area contributed by atoms with Gasteiger partial charge >= 0.3 is 0 Å². The van der Waals surface area contributed by atoms with Gasteiger partial charge in [-0.25, -0.2) is 0 Å². The number of anilines is 1. The van der Waals surface area contributed by atoms with E-state index >= 15 is 0 Å². The van der Waals surface area contributed by atoms with Crippen LogP contribution in [0.5, 0.6) is 0 Å². The molecule has 2 aromatic rings. The van der Waals surface area contributed by atoms with Gasteiger partial charge in [0, 0.05) is 23.8 Å². The molecule has 5 heteroatoms. The summed E-state index contributed by atoms with van der Waals surface area (Å²) in [7, 11) is 0. The molecule has 0 bridgehead atoms. The van der Waals surface area contributed by atoms with Gasteiger partial charge < -0.3 is 9.32 Å². The van der Waals surface area contributed by atoms with Crippen molar-refractivity contribution in [2.45, 2.75) is 6.92 Å². The standard InChI is InChI=1S/C16H18ClN3O/c1-13-2-7-16(21-13)12-18-20-10-8-19(9-11-20)15-5-3-14(17)4-6-15/h2-7,12H,8-11H2,1H3/b18-12-. The lowest BCUT2D eigenvalue weighted by Gasteiger charge is -2.34. The highest BCUT2D eigenvalue weighted by molar-refractivity contribution is 6.30. The highest BCUT2D eigenvalue weighted by atomic mass is 35.5. The molecule has 1 fully saturated rings. The van der Waals surface area contributed by atoms with Crippen molar-refractivity contribution in [3.63, 3.8) is 0 Å². The van der Waals surface area contributed by atoms with E-state index in [0.717, 1.165) is 42.7 Å². The summed E-state index contributed by atoms with van der Waals surface area (Å²) < 4.78 is 5.48. The summed E-state index contributed by atoms with van der Waals surface area (Å²) in [5.74, 6) is 1.71. The molecule has 0 N–H and O–H groups in total. The molecule has 1 aromatic carbocycles. The predicted octanol–water partition coefficient (Wildman–Crippen LogP) is 3.40. The van der Waals surface area contributed by atoms with Gasteiger partial charge in [0.15, 0.2) is 0 Å². The van der Waals surface area contributed by atoms with Crippen LogP contribution in [0.1, 0.15) is 11.5 Å². The first-order chi connectivity index (χ1) is 10.2. The van der Waals surface area contributed by atoms with Crippen LogP contribution in [0.4, 0.5) is 5.69 Å². The molecule has 1 aliphatic rings. The number of piperazine rings is 1. The molecule has 1 aromatic heterocycles. The number of hydrogen-bond acceptors (Lipinski definition) is 4. The number of hydrogen-bond donors (Lipinski definition) is 0. The Balaban J connectivity index is 1.55. The third-order valence-corrected chi connectivity index (χ3v) is 3.81. The average molecular weight is 304 g/mol. The number of aryl methyl sites for hydroxylation is 1. The van der Waals surface area contributed by atoms with Crippen molar-refractivity contribution >= 4 is 23.5 Å². The quantitative estimate of drug-likeness (QED) is 0.815. The molecule has 1 saturated heterocycles. The smallest absolute Gasteiger partial charge is 0.147 e. The van der Waals surface area contributed by atoms with Crippen molar-refractivity contribution in [1.82, 2.24) is 5.01 Å². The Bertz CT molecular complexity index is 613. The zero-order valence-corrected chi connectivity index (χ0v) is 12.8. The van der Waals surface area contributed by atoms with Crippen LogP contribution in [0, 0.1) is 6.92 Å². The molecule has 0 aliphatic carbocycles. The SMILES string of the molecule is Cc1ccc(/C=N\N2CCN(c3ccc(Cl)cc3)CC2)o1. The van der Waals surface area contributed by atoms with Gasteiger partial charge in [0.05, 0.1) is 19.3 Å². The minimum Gasteiger partial charge on any atom is -0.460 e. The number of hydrazone groups is 1. The zero-order chi connectivity index (χ0) is 14.7. The van der Waals surface area contributed by atoms with Crippen LogP contribution >= 0.6 is 11.6 Å². The minimum atomic E-state index is 0.774. The molecular weight excluding hydrogens is 286 g/mol. The Kier molecular flexibility index (Phi) is 4.15. The molecule has 0 spiro atoms. The van der Waals surface area contributed by atoms with Crippen LogP contribution in [0.25, 0.3) is 0 Å². The monoisotopic (exact) mass is 303 g/mol. The molecule has 110 valence electrons. The maximum Gasteiger partial charge on any atom is 0.147 e. The number of benzene rings is 1. The van der Waals surface area contributed by atoms with Crippen LogP contribution in [-0.2, 0) is 0 Å². The van der Waals surface area contributed by atoms with Crippen LogP contribution in [0.3, 0.4) is 0 Å². The van der Waals surface area contributed by atoms with Gasteiger partial charge in [-0.05, 0) is 43.3 Å². The molecule has 2 heterocycles. The van der Waals surface area contributed by atoms with Crippen molar-refractivity contribution in [3.05, 3.63) is 52.9 Å². The molecular formula is C16H18ClN3O. The summed E-state index contributed by atoms with van der Waals surface area (Å²) in [6.45, 7) is 5.65. The number of halogens is 1. The third-order valence-electron chi connectivity index (χ3n) is 3.56. The van der Waals surface area contributed by atoms with Gasteiger partial charge in [-0.1, -0.05) is 11.6 Å². The van der Waals surface area contributed by atoms with E-state index in [4.69, 9.17) is 16.0 Å². The van der Waals surface area contributed by atoms with Crippen molar-refractivity contribution in [3.8, 4) is 0 Å². The van der Waals surface area contributed by atoms with Crippen molar-refractivity contribution < 1.29 is 4.42 Å². The summed E-state index contributed by atoms with van der Waals surface area (Å²) in [6, 6.07) is 11.9. The number of furan rings is 1. The first kappa shape index (κ1) is 14.0. The lowest BCUT2D eigenvalue weighted by molar-refractivity contribution is 0.271. The summed E-state index contributed by atoms with van der Waals surface area (Å²) in [5, 5.41) is 7.32. The highest BCUT2D eigenvalue weighted by Gasteiger charge is 2.15. The Morgan fingerprint density at radius 2 is 1.76 bits per heavy atom. The molecule has 21 heavy (non-hydrogen) atoms. The lowest BCUT2D eigenvalue weighted by Crippen LogP contribution is -2.44. The zero-order valence-electron chi connectivity index (χ0n) is 12.0. The van der Waals surface area contributed by atoms with Gasteiger partial charge in [-0.15, -0.1) is 0 Å². The molecule has 0 amide bonds. The van der Waals surface area contributed by atoms with Crippen LogP contribution in [0.15, 0.2) is 45.9 Å². The topological polar surface area (TPSA) is 32.0 Å². The van der Waals surface area contributed by atoms with E-state index in [1.807, 2.05) is 31.2 Å². The second-order valence-electron chi connectivity index (χ2n) is 5.11. The van der Waals surface area contributed by atoms with E-state index in [1.54, 1.807) is 6.21 Å². The number of nitrogens with zero attached hydrogens (tertiary/aromatic N) is 3.